The Morgan fingerprint density at radius 3 is 2.19 bits per heavy atom. The first-order valence-corrected chi connectivity index (χ1v) is 10.2. The molecule has 2 aromatic carbocycles. The maximum absolute atomic E-state index is 13.3. The van der Waals surface area contributed by atoms with Crippen LogP contribution in [-0.4, -0.2) is 41.0 Å². The van der Waals surface area contributed by atoms with E-state index in [1.54, 1.807) is 42.5 Å². The lowest BCUT2D eigenvalue weighted by molar-refractivity contribution is -0.138. The number of benzene rings is 2. The van der Waals surface area contributed by atoms with E-state index in [0.717, 1.165) is 5.56 Å². The van der Waals surface area contributed by atoms with Crippen molar-refractivity contribution in [1.29, 1.82) is 0 Å². The van der Waals surface area contributed by atoms with E-state index in [1.165, 1.54) is 18.7 Å². The first kappa shape index (κ1) is 23.8. The van der Waals surface area contributed by atoms with Crippen LogP contribution in [0.4, 0.5) is 5.69 Å². The van der Waals surface area contributed by atoms with Crippen molar-refractivity contribution in [2.75, 3.05) is 11.9 Å². The van der Waals surface area contributed by atoms with E-state index < -0.39 is 6.04 Å². The number of anilines is 1. The standard InChI is InChI=1S/C24H29N3O4/c1-16(2)22(26-23(30)20-10-6-5-7-11-20)24(31)27(14-17(3)28)15-19-9-8-12-21(13-19)25-18(4)29/h5-13,16,22H,14-15H2,1-4H3,(H,25,29)(H,26,30). The quantitative estimate of drug-likeness (QED) is 0.648. The molecular weight excluding hydrogens is 394 g/mol. The average molecular weight is 424 g/mol. The van der Waals surface area contributed by atoms with Crippen molar-refractivity contribution in [3.05, 3.63) is 65.7 Å². The number of hydrogen-bond donors (Lipinski definition) is 2. The Morgan fingerprint density at radius 2 is 1.61 bits per heavy atom. The summed E-state index contributed by atoms with van der Waals surface area (Å²) in [5.74, 6) is -1.22. The second-order valence-electron chi connectivity index (χ2n) is 7.84. The van der Waals surface area contributed by atoms with Gasteiger partial charge in [-0.25, -0.2) is 0 Å². The molecule has 0 aliphatic heterocycles. The minimum atomic E-state index is -0.786. The molecule has 0 aliphatic rings. The first-order valence-electron chi connectivity index (χ1n) is 10.2. The van der Waals surface area contributed by atoms with Crippen molar-refractivity contribution in [1.82, 2.24) is 10.2 Å². The van der Waals surface area contributed by atoms with Gasteiger partial charge in [-0.05, 0) is 42.7 Å². The zero-order valence-corrected chi connectivity index (χ0v) is 18.3. The highest BCUT2D eigenvalue weighted by molar-refractivity contribution is 5.98. The Bertz CT molecular complexity index is 941. The highest BCUT2D eigenvalue weighted by Crippen LogP contribution is 2.15. The molecule has 31 heavy (non-hydrogen) atoms. The first-order chi connectivity index (χ1) is 14.7. The molecule has 164 valence electrons. The van der Waals surface area contributed by atoms with Crippen molar-refractivity contribution in [2.45, 2.75) is 40.3 Å². The summed E-state index contributed by atoms with van der Waals surface area (Å²) in [5, 5.41) is 5.52. The van der Waals surface area contributed by atoms with E-state index in [0.29, 0.717) is 11.3 Å². The molecule has 0 saturated carbocycles. The number of Topliss-reactive ketones (excluding diaryl/α,β-unsaturated/α-hetero) is 1. The number of hydrogen-bond acceptors (Lipinski definition) is 4. The van der Waals surface area contributed by atoms with Crippen LogP contribution < -0.4 is 10.6 Å². The summed E-state index contributed by atoms with van der Waals surface area (Å²) in [7, 11) is 0. The third kappa shape index (κ3) is 7.37. The van der Waals surface area contributed by atoms with Gasteiger partial charge in [-0.1, -0.05) is 44.2 Å². The highest BCUT2D eigenvalue weighted by atomic mass is 16.2. The van der Waals surface area contributed by atoms with Crippen LogP contribution in [0.1, 0.15) is 43.6 Å². The molecule has 0 aromatic heterocycles. The Morgan fingerprint density at radius 1 is 0.935 bits per heavy atom. The molecule has 1 unspecified atom stereocenters. The summed E-state index contributed by atoms with van der Waals surface area (Å²) < 4.78 is 0. The number of rotatable bonds is 9. The van der Waals surface area contributed by atoms with Gasteiger partial charge in [0.05, 0.1) is 6.54 Å². The lowest BCUT2D eigenvalue weighted by Gasteiger charge is -2.29. The number of ketones is 1. The molecule has 0 fully saturated rings. The van der Waals surface area contributed by atoms with Crippen LogP contribution in [0, 0.1) is 5.92 Å². The van der Waals surface area contributed by atoms with E-state index in [1.807, 2.05) is 26.0 Å². The summed E-state index contributed by atoms with van der Waals surface area (Å²) in [5.41, 5.74) is 1.83. The van der Waals surface area contributed by atoms with Crippen molar-refractivity contribution in [3.63, 3.8) is 0 Å². The average Bonchev–Trinajstić information content (AvgIpc) is 2.70. The van der Waals surface area contributed by atoms with Gasteiger partial charge in [-0.15, -0.1) is 0 Å². The van der Waals surface area contributed by atoms with E-state index in [-0.39, 0.29) is 42.5 Å². The van der Waals surface area contributed by atoms with Gasteiger partial charge in [-0.3, -0.25) is 19.2 Å². The monoisotopic (exact) mass is 423 g/mol. The van der Waals surface area contributed by atoms with Gasteiger partial charge in [0.2, 0.25) is 11.8 Å². The minimum absolute atomic E-state index is 0.0758. The topological polar surface area (TPSA) is 95.6 Å². The molecule has 3 amide bonds. The van der Waals surface area contributed by atoms with Crippen LogP contribution in [0.5, 0.6) is 0 Å². The van der Waals surface area contributed by atoms with E-state index in [2.05, 4.69) is 10.6 Å². The molecule has 0 saturated heterocycles. The molecule has 7 heteroatoms. The zero-order chi connectivity index (χ0) is 23.0. The third-order valence-electron chi connectivity index (χ3n) is 4.60. The number of amides is 3. The van der Waals surface area contributed by atoms with Gasteiger partial charge in [0.25, 0.3) is 5.91 Å². The number of carbonyl (C=O) groups excluding carboxylic acids is 4. The third-order valence-corrected chi connectivity index (χ3v) is 4.60. The summed E-state index contributed by atoms with van der Waals surface area (Å²) >= 11 is 0. The van der Waals surface area contributed by atoms with Gasteiger partial charge in [0.15, 0.2) is 0 Å². The maximum atomic E-state index is 13.3. The van der Waals surface area contributed by atoms with E-state index in [9.17, 15) is 19.2 Å². The molecule has 7 nitrogen and oxygen atoms in total. The van der Waals surface area contributed by atoms with Crippen LogP contribution in [0.3, 0.4) is 0 Å². The van der Waals surface area contributed by atoms with Crippen molar-refractivity contribution < 1.29 is 19.2 Å². The summed E-state index contributed by atoms with van der Waals surface area (Å²) in [6.07, 6.45) is 0. The fraction of sp³-hybridized carbons (Fsp3) is 0.333. The fourth-order valence-electron chi connectivity index (χ4n) is 3.18. The SMILES string of the molecule is CC(=O)CN(Cc1cccc(NC(C)=O)c1)C(=O)C(NC(=O)c1ccccc1)C(C)C. The highest BCUT2D eigenvalue weighted by Gasteiger charge is 2.29. The fourth-order valence-corrected chi connectivity index (χ4v) is 3.18. The molecule has 0 radical (unpaired) electrons. The number of carbonyl (C=O) groups is 4. The molecule has 0 heterocycles. The Kier molecular flexibility index (Phi) is 8.49. The summed E-state index contributed by atoms with van der Waals surface area (Å²) in [4.78, 5) is 50.6. The molecule has 0 spiro atoms. The largest absolute Gasteiger partial charge is 0.340 e. The van der Waals surface area contributed by atoms with Gasteiger partial charge in [-0.2, -0.15) is 0 Å². The summed E-state index contributed by atoms with van der Waals surface area (Å²) in [6, 6.07) is 15.0. The molecule has 0 bridgehead atoms. The zero-order valence-electron chi connectivity index (χ0n) is 18.3. The van der Waals surface area contributed by atoms with Crippen molar-refractivity contribution in [2.24, 2.45) is 5.92 Å². The maximum Gasteiger partial charge on any atom is 0.251 e. The Labute approximate surface area is 182 Å². The van der Waals surface area contributed by atoms with Crippen LogP contribution >= 0.6 is 0 Å². The van der Waals surface area contributed by atoms with Gasteiger partial charge >= 0.3 is 0 Å². The Balaban J connectivity index is 2.23. The predicted molar refractivity (Wildman–Crippen MR) is 119 cm³/mol. The lowest BCUT2D eigenvalue weighted by Crippen LogP contribution is -2.52. The smallest absolute Gasteiger partial charge is 0.251 e. The number of nitrogens with one attached hydrogen (secondary N) is 2. The van der Waals surface area contributed by atoms with E-state index in [4.69, 9.17) is 0 Å². The predicted octanol–water partition coefficient (Wildman–Crippen LogP) is 3.02. The van der Waals surface area contributed by atoms with Crippen molar-refractivity contribution >= 4 is 29.2 Å². The number of nitrogens with zero attached hydrogens (tertiary/aromatic N) is 1. The lowest BCUT2D eigenvalue weighted by atomic mass is 10.0. The summed E-state index contributed by atoms with van der Waals surface area (Å²) in [6.45, 7) is 6.63. The Hall–Kier alpha value is -3.48. The molecule has 2 aromatic rings. The van der Waals surface area contributed by atoms with Crippen LogP contribution in [-0.2, 0) is 20.9 Å². The van der Waals surface area contributed by atoms with Crippen LogP contribution in [0.2, 0.25) is 0 Å². The normalized spacial score (nSPS) is 11.5. The second-order valence-corrected chi connectivity index (χ2v) is 7.84. The molecule has 2 N–H and O–H groups in total. The van der Waals surface area contributed by atoms with Crippen molar-refractivity contribution in [3.8, 4) is 0 Å². The van der Waals surface area contributed by atoms with Crippen LogP contribution in [0.25, 0.3) is 0 Å². The van der Waals surface area contributed by atoms with Gasteiger partial charge in [0, 0.05) is 24.7 Å². The van der Waals surface area contributed by atoms with Gasteiger partial charge in [0.1, 0.15) is 11.8 Å². The molecule has 0 aliphatic carbocycles. The second kappa shape index (κ2) is 11.1. The van der Waals surface area contributed by atoms with Crippen LogP contribution in [0.15, 0.2) is 54.6 Å². The molecule has 1 atom stereocenters. The molecule has 2 rings (SSSR count). The van der Waals surface area contributed by atoms with E-state index >= 15 is 0 Å². The molecular formula is C24H29N3O4. The minimum Gasteiger partial charge on any atom is -0.340 e. The van der Waals surface area contributed by atoms with Gasteiger partial charge < -0.3 is 15.5 Å².